The molecule has 150 valence electrons. The van der Waals surface area contributed by atoms with Gasteiger partial charge in [0.05, 0.1) is 24.2 Å². The van der Waals surface area contributed by atoms with Crippen molar-refractivity contribution < 1.29 is 13.2 Å². The Morgan fingerprint density at radius 3 is 2.61 bits per heavy atom. The first kappa shape index (κ1) is 20.9. The van der Waals surface area contributed by atoms with Crippen LogP contribution in [0.2, 0.25) is 0 Å². The highest BCUT2D eigenvalue weighted by Crippen LogP contribution is 2.22. The van der Waals surface area contributed by atoms with Crippen LogP contribution in [0.5, 0.6) is 0 Å². The molecule has 2 aromatic rings. The van der Waals surface area contributed by atoms with Gasteiger partial charge in [0.15, 0.2) is 5.17 Å². The van der Waals surface area contributed by atoms with Gasteiger partial charge in [-0.15, -0.1) is 0 Å². The summed E-state index contributed by atoms with van der Waals surface area (Å²) in [4.78, 5) is 4.83. The molecule has 0 amide bonds. The van der Waals surface area contributed by atoms with Gasteiger partial charge in [0.1, 0.15) is 0 Å². The van der Waals surface area contributed by atoms with E-state index >= 15 is 0 Å². The topological polar surface area (TPSA) is 85.0 Å². The van der Waals surface area contributed by atoms with Crippen molar-refractivity contribution in [3.8, 4) is 0 Å². The lowest BCUT2D eigenvalue weighted by Crippen LogP contribution is -2.40. The number of nitrogens with two attached hydrogens (primary N) is 1. The Kier molecular flexibility index (Phi) is 7.12. The van der Waals surface area contributed by atoms with Crippen LogP contribution in [-0.4, -0.2) is 44.2 Å². The Labute approximate surface area is 170 Å². The quantitative estimate of drug-likeness (QED) is 0.575. The van der Waals surface area contributed by atoms with Gasteiger partial charge in [-0.3, -0.25) is 4.99 Å². The van der Waals surface area contributed by atoms with E-state index in [9.17, 15) is 8.42 Å². The van der Waals surface area contributed by atoms with Gasteiger partial charge >= 0.3 is 0 Å². The van der Waals surface area contributed by atoms with Crippen molar-refractivity contribution in [2.75, 3.05) is 26.3 Å². The van der Waals surface area contributed by atoms with Gasteiger partial charge in [-0.05, 0) is 30.2 Å². The molecular formula is C20H25N3O3S2. The number of nitrogens with zero attached hydrogens (tertiary/aromatic N) is 2. The maximum atomic E-state index is 12.8. The highest BCUT2D eigenvalue weighted by Gasteiger charge is 2.26. The molecule has 2 N–H and O–H groups in total. The molecule has 8 heteroatoms. The predicted molar refractivity (Wildman–Crippen MR) is 114 cm³/mol. The third kappa shape index (κ3) is 5.35. The Morgan fingerprint density at radius 1 is 1.18 bits per heavy atom. The summed E-state index contributed by atoms with van der Waals surface area (Å²) in [6.45, 7) is 3.64. The number of hydrogen-bond acceptors (Lipinski definition) is 5. The van der Waals surface area contributed by atoms with Crippen LogP contribution in [0.3, 0.4) is 0 Å². The van der Waals surface area contributed by atoms with Crippen molar-refractivity contribution in [1.82, 2.24) is 4.31 Å². The van der Waals surface area contributed by atoms with Crippen LogP contribution >= 0.6 is 11.8 Å². The van der Waals surface area contributed by atoms with E-state index in [0.29, 0.717) is 42.1 Å². The molecule has 1 saturated heterocycles. The number of benzene rings is 2. The highest BCUT2D eigenvalue weighted by molar-refractivity contribution is 8.13. The maximum Gasteiger partial charge on any atom is 0.243 e. The number of amidine groups is 1. The van der Waals surface area contributed by atoms with Crippen molar-refractivity contribution in [1.29, 1.82) is 0 Å². The summed E-state index contributed by atoms with van der Waals surface area (Å²) in [6, 6.07) is 17.0. The first-order valence-electron chi connectivity index (χ1n) is 9.14. The molecule has 1 fully saturated rings. The van der Waals surface area contributed by atoms with Crippen molar-refractivity contribution >= 4 is 27.0 Å². The van der Waals surface area contributed by atoms with Crippen LogP contribution in [0, 0.1) is 0 Å². The molecular weight excluding hydrogens is 394 g/mol. The van der Waals surface area contributed by atoms with Gasteiger partial charge in [0, 0.05) is 18.8 Å². The normalized spacial score (nSPS) is 17.4. The first-order chi connectivity index (χ1) is 13.5. The Morgan fingerprint density at radius 2 is 1.89 bits per heavy atom. The second-order valence-corrected chi connectivity index (χ2v) is 9.44. The zero-order valence-corrected chi connectivity index (χ0v) is 17.5. The molecule has 2 aromatic carbocycles. The zero-order valence-electron chi connectivity index (χ0n) is 15.8. The molecule has 1 heterocycles. The van der Waals surface area contributed by atoms with E-state index in [1.807, 2.05) is 43.3 Å². The molecule has 0 spiro atoms. The van der Waals surface area contributed by atoms with Crippen molar-refractivity contribution in [2.45, 2.75) is 23.6 Å². The third-order valence-corrected chi connectivity index (χ3v) is 7.27. The molecule has 0 aromatic heterocycles. The number of thioether (sulfide) groups is 1. The summed E-state index contributed by atoms with van der Waals surface area (Å²) in [6.07, 6.45) is 0. The van der Waals surface area contributed by atoms with Crippen LogP contribution in [0.15, 0.2) is 64.5 Å². The molecule has 1 aliphatic rings. The second kappa shape index (κ2) is 9.56. The van der Waals surface area contributed by atoms with Crippen LogP contribution in [0.1, 0.15) is 24.1 Å². The largest absolute Gasteiger partial charge is 0.379 e. The molecule has 1 aliphatic heterocycles. The fraction of sp³-hybridized carbons (Fsp3) is 0.350. The Balaban J connectivity index is 1.65. The molecule has 0 unspecified atom stereocenters. The minimum Gasteiger partial charge on any atom is -0.379 e. The van der Waals surface area contributed by atoms with E-state index < -0.39 is 10.0 Å². The minimum atomic E-state index is -3.50. The molecule has 1 atom stereocenters. The average molecular weight is 420 g/mol. The summed E-state index contributed by atoms with van der Waals surface area (Å²) in [5, 5.41) is 0.484. The van der Waals surface area contributed by atoms with Gasteiger partial charge in [-0.25, -0.2) is 8.42 Å². The van der Waals surface area contributed by atoms with Gasteiger partial charge in [-0.1, -0.05) is 54.2 Å². The van der Waals surface area contributed by atoms with Crippen LogP contribution in [-0.2, 0) is 20.5 Å². The smallest absolute Gasteiger partial charge is 0.243 e. The minimum absolute atomic E-state index is 0.0262. The number of hydrogen-bond donors (Lipinski definition) is 1. The van der Waals surface area contributed by atoms with Crippen molar-refractivity contribution in [3.05, 3.63) is 65.7 Å². The summed E-state index contributed by atoms with van der Waals surface area (Å²) in [5.41, 5.74) is 8.07. The Hall–Kier alpha value is -1.87. The number of aliphatic imine (C=N–C) groups is 1. The number of ether oxygens (including phenoxy) is 1. The van der Waals surface area contributed by atoms with E-state index in [1.165, 1.54) is 16.1 Å². The second-order valence-electron chi connectivity index (χ2n) is 6.51. The van der Waals surface area contributed by atoms with E-state index in [-0.39, 0.29) is 6.04 Å². The summed E-state index contributed by atoms with van der Waals surface area (Å²) in [5.74, 6) is 0.559. The Bertz CT molecular complexity index is 911. The molecule has 0 bridgehead atoms. The van der Waals surface area contributed by atoms with Crippen LogP contribution in [0.25, 0.3) is 0 Å². The predicted octanol–water partition coefficient (Wildman–Crippen LogP) is 3.02. The average Bonchev–Trinajstić information content (AvgIpc) is 2.74. The lowest BCUT2D eigenvalue weighted by molar-refractivity contribution is 0.0730. The molecule has 0 aliphatic carbocycles. The van der Waals surface area contributed by atoms with Gasteiger partial charge in [-0.2, -0.15) is 4.31 Å². The fourth-order valence-corrected chi connectivity index (χ4v) is 5.13. The van der Waals surface area contributed by atoms with Crippen molar-refractivity contribution in [3.63, 3.8) is 0 Å². The van der Waals surface area contributed by atoms with Crippen LogP contribution in [0.4, 0.5) is 0 Å². The molecule has 0 radical (unpaired) electrons. The lowest BCUT2D eigenvalue weighted by atomic mass is 10.1. The van der Waals surface area contributed by atoms with E-state index in [4.69, 9.17) is 10.5 Å². The lowest BCUT2D eigenvalue weighted by Gasteiger charge is -2.26. The molecule has 0 saturated carbocycles. The number of sulfonamides is 1. The highest BCUT2D eigenvalue weighted by atomic mass is 32.2. The summed E-state index contributed by atoms with van der Waals surface area (Å²) >= 11 is 1.41. The maximum absolute atomic E-state index is 12.8. The van der Waals surface area contributed by atoms with Crippen molar-refractivity contribution in [2.24, 2.45) is 10.7 Å². The monoisotopic (exact) mass is 419 g/mol. The fourth-order valence-electron chi connectivity index (χ4n) is 2.92. The van der Waals surface area contributed by atoms with Crippen LogP contribution < -0.4 is 5.73 Å². The van der Waals surface area contributed by atoms with E-state index in [2.05, 4.69) is 4.99 Å². The number of rotatable bonds is 6. The SMILES string of the molecule is C[C@@H](N=C(N)SCc1cccc(S(=O)(=O)N2CCOCC2)c1)c1ccccc1. The summed E-state index contributed by atoms with van der Waals surface area (Å²) < 4.78 is 32.3. The molecule has 6 nitrogen and oxygen atoms in total. The molecule has 3 rings (SSSR count). The first-order valence-corrected chi connectivity index (χ1v) is 11.6. The molecule has 28 heavy (non-hydrogen) atoms. The van der Waals surface area contributed by atoms with Gasteiger partial charge in [0.25, 0.3) is 0 Å². The zero-order chi connectivity index (χ0) is 20.0. The van der Waals surface area contributed by atoms with Gasteiger partial charge in [0.2, 0.25) is 10.0 Å². The van der Waals surface area contributed by atoms with E-state index in [1.54, 1.807) is 18.2 Å². The van der Waals surface area contributed by atoms with Gasteiger partial charge < -0.3 is 10.5 Å². The summed E-state index contributed by atoms with van der Waals surface area (Å²) in [7, 11) is -3.50. The number of morpholine rings is 1. The van der Waals surface area contributed by atoms with E-state index in [0.717, 1.165) is 11.1 Å². The third-order valence-electron chi connectivity index (χ3n) is 4.50. The standard InChI is InChI=1S/C20H25N3O3S2/c1-16(18-7-3-2-4-8-18)22-20(21)27-15-17-6-5-9-19(14-17)28(24,25)23-10-12-26-13-11-23/h2-9,14,16H,10-13,15H2,1H3,(H2,21,22)/t16-/m1/s1.